The molecule has 0 saturated carbocycles. The summed E-state index contributed by atoms with van der Waals surface area (Å²) in [6, 6.07) is 9.35. The number of fused-ring (bicyclic) bond motifs is 1. The van der Waals surface area contributed by atoms with Crippen molar-refractivity contribution in [3.8, 4) is 5.75 Å². The predicted molar refractivity (Wildman–Crippen MR) is 93.7 cm³/mol. The molecule has 3 rings (SSSR count). The fraction of sp³-hybridized carbons (Fsp3) is 0.333. The second kappa shape index (κ2) is 6.88. The molecule has 7 nitrogen and oxygen atoms in total. The molecule has 1 amide bonds. The smallest absolute Gasteiger partial charge is 0.291 e. The van der Waals surface area contributed by atoms with Crippen LogP contribution in [0.1, 0.15) is 47.0 Å². The molecule has 130 valence electrons. The molecule has 1 unspecified atom stereocenters. The third-order valence-electron chi connectivity index (χ3n) is 4.05. The molecule has 2 aromatic heterocycles. The number of carbonyl (C=O) groups is 1. The van der Waals surface area contributed by atoms with Crippen LogP contribution in [-0.4, -0.2) is 32.6 Å². The van der Waals surface area contributed by atoms with Crippen molar-refractivity contribution < 1.29 is 9.53 Å². The lowest BCUT2D eigenvalue weighted by Crippen LogP contribution is -2.29. The van der Waals surface area contributed by atoms with Gasteiger partial charge in [0.2, 0.25) is 5.82 Å². The van der Waals surface area contributed by atoms with E-state index in [9.17, 15) is 4.79 Å². The van der Waals surface area contributed by atoms with Gasteiger partial charge in [-0.2, -0.15) is 4.98 Å². The molecule has 0 aliphatic carbocycles. The number of nitrogens with one attached hydrogen (secondary N) is 1. The Morgan fingerprint density at radius 2 is 2.04 bits per heavy atom. The summed E-state index contributed by atoms with van der Waals surface area (Å²) in [6.45, 7) is 5.79. The molecule has 0 aliphatic heterocycles. The minimum Gasteiger partial charge on any atom is -0.496 e. The van der Waals surface area contributed by atoms with E-state index in [0.717, 1.165) is 29.1 Å². The first-order valence-corrected chi connectivity index (χ1v) is 8.18. The molecule has 2 heterocycles. The van der Waals surface area contributed by atoms with Crippen molar-refractivity contribution in [2.45, 2.75) is 33.2 Å². The van der Waals surface area contributed by atoms with E-state index in [4.69, 9.17) is 4.74 Å². The third-order valence-corrected chi connectivity index (χ3v) is 4.05. The Bertz CT molecular complexity index is 919. The SMILES string of the molecule is CCC(NC(=O)c1nc2nc(C)cc(C)n2n1)c1ccccc1OC. The third kappa shape index (κ3) is 3.31. The summed E-state index contributed by atoms with van der Waals surface area (Å²) >= 11 is 0. The average molecular weight is 339 g/mol. The Labute approximate surface area is 146 Å². The summed E-state index contributed by atoms with van der Waals surface area (Å²) in [5, 5.41) is 7.26. The van der Waals surface area contributed by atoms with Crippen molar-refractivity contribution in [1.82, 2.24) is 24.9 Å². The molecule has 0 spiro atoms. The lowest BCUT2D eigenvalue weighted by molar-refractivity contribution is 0.0925. The summed E-state index contributed by atoms with van der Waals surface area (Å²) < 4.78 is 6.97. The Hall–Kier alpha value is -2.96. The highest BCUT2D eigenvalue weighted by atomic mass is 16.5. The van der Waals surface area contributed by atoms with Gasteiger partial charge >= 0.3 is 0 Å². The zero-order valence-electron chi connectivity index (χ0n) is 14.8. The predicted octanol–water partition coefficient (Wildman–Crippen LogP) is 2.63. The zero-order chi connectivity index (χ0) is 18.0. The number of aryl methyl sites for hydroxylation is 2. The number of ether oxygens (including phenoxy) is 1. The molecule has 0 bridgehead atoms. The van der Waals surface area contributed by atoms with E-state index in [1.807, 2.05) is 51.1 Å². The Kier molecular flexibility index (Phi) is 4.65. The molecule has 1 atom stereocenters. The summed E-state index contributed by atoms with van der Waals surface area (Å²) in [7, 11) is 1.62. The number of amides is 1. The standard InChI is InChI=1S/C18H21N5O2/c1-5-14(13-8-6-7-9-15(13)25-4)20-17(24)16-21-18-19-11(2)10-12(3)23(18)22-16/h6-10,14H,5H2,1-4H3,(H,20,24). The first-order valence-electron chi connectivity index (χ1n) is 8.18. The number of rotatable bonds is 5. The summed E-state index contributed by atoms with van der Waals surface area (Å²) in [6.07, 6.45) is 0.718. The van der Waals surface area contributed by atoms with E-state index in [2.05, 4.69) is 20.4 Å². The second-order valence-corrected chi connectivity index (χ2v) is 5.86. The maximum absolute atomic E-state index is 12.6. The van der Waals surface area contributed by atoms with Gasteiger partial charge in [0.15, 0.2) is 0 Å². The second-order valence-electron chi connectivity index (χ2n) is 5.86. The maximum Gasteiger partial charge on any atom is 0.291 e. The Morgan fingerprint density at radius 3 is 2.76 bits per heavy atom. The van der Waals surface area contributed by atoms with E-state index >= 15 is 0 Å². The lowest BCUT2D eigenvalue weighted by atomic mass is 10.0. The van der Waals surface area contributed by atoms with Crippen molar-refractivity contribution in [2.75, 3.05) is 7.11 Å². The molecule has 1 aromatic carbocycles. The first-order chi connectivity index (χ1) is 12.0. The highest BCUT2D eigenvalue weighted by Crippen LogP contribution is 2.26. The summed E-state index contributed by atoms with van der Waals surface area (Å²) in [5.74, 6) is 0.939. The molecule has 0 aliphatic rings. The molecule has 0 radical (unpaired) electrons. The number of nitrogens with zero attached hydrogens (tertiary/aromatic N) is 4. The van der Waals surface area contributed by atoms with Crippen LogP contribution in [0.4, 0.5) is 0 Å². The Morgan fingerprint density at radius 1 is 1.28 bits per heavy atom. The van der Waals surface area contributed by atoms with Crippen LogP contribution in [0.25, 0.3) is 5.78 Å². The molecular weight excluding hydrogens is 318 g/mol. The van der Waals surface area contributed by atoms with Crippen molar-refractivity contribution in [1.29, 1.82) is 0 Å². The number of aromatic nitrogens is 4. The molecule has 0 saturated heterocycles. The van der Waals surface area contributed by atoms with Crippen molar-refractivity contribution in [3.63, 3.8) is 0 Å². The number of hydrogen-bond donors (Lipinski definition) is 1. The van der Waals surface area contributed by atoms with Gasteiger partial charge in [-0.15, -0.1) is 5.10 Å². The minimum absolute atomic E-state index is 0.106. The van der Waals surface area contributed by atoms with Gasteiger partial charge in [-0.05, 0) is 32.4 Å². The Balaban J connectivity index is 1.89. The van der Waals surface area contributed by atoms with Crippen LogP contribution in [-0.2, 0) is 0 Å². The number of carbonyl (C=O) groups excluding carboxylic acids is 1. The fourth-order valence-electron chi connectivity index (χ4n) is 2.84. The topological polar surface area (TPSA) is 81.4 Å². The van der Waals surface area contributed by atoms with Crippen LogP contribution in [0.2, 0.25) is 0 Å². The van der Waals surface area contributed by atoms with Crippen molar-refractivity contribution >= 4 is 11.7 Å². The van der Waals surface area contributed by atoms with Crippen LogP contribution >= 0.6 is 0 Å². The van der Waals surface area contributed by atoms with E-state index in [1.165, 1.54) is 0 Å². The van der Waals surface area contributed by atoms with Gasteiger partial charge in [0.05, 0.1) is 13.2 Å². The van der Waals surface area contributed by atoms with Gasteiger partial charge in [0, 0.05) is 17.0 Å². The molecule has 1 N–H and O–H groups in total. The largest absolute Gasteiger partial charge is 0.496 e. The lowest BCUT2D eigenvalue weighted by Gasteiger charge is -2.19. The molecule has 3 aromatic rings. The molecule has 0 fully saturated rings. The van der Waals surface area contributed by atoms with E-state index in [1.54, 1.807) is 11.6 Å². The van der Waals surface area contributed by atoms with E-state index in [-0.39, 0.29) is 17.8 Å². The molecular formula is C18H21N5O2. The minimum atomic E-state index is -0.333. The normalized spacial score (nSPS) is 12.2. The summed E-state index contributed by atoms with van der Waals surface area (Å²) in [5.41, 5.74) is 2.64. The van der Waals surface area contributed by atoms with Crippen molar-refractivity contribution in [3.05, 3.63) is 53.1 Å². The van der Waals surface area contributed by atoms with E-state index < -0.39 is 0 Å². The van der Waals surface area contributed by atoms with Gasteiger partial charge in [-0.1, -0.05) is 25.1 Å². The van der Waals surface area contributed by atoms with E-state index in [0.29, 0.717) is 5.78 Å². The summed E-state index contributed by atoms with van der Waals surface area (Å²) in [4.78, 5) is 21.2. The van der Waals surface area contributed by atoms with Crippen LogP contribution < -0.4 is 10.1 Å². The fourth-order valence-corrected chi connectivity index (χ4v) is 2.84. The number of methoxy groups -OCH3 is 1. The van der Waals surface area contributed by atoms with Gasteiger partial charge in [0.25, 0.3) is 11.7 Å². The van der Waals surface area contributed by atoms with Crippen molar-refractivity contribution in [2.24, 2.45) is 0 Å². The van der Waals surface area contributed by atoms with Crippen LogP contribution in [0.15, 0.2) is 30.3 Å². The van der Waals surface area contributed by atoms with Crippen LogP contribution in [0.3, 0.4) is 0 Å². The first kappa shape index (κ1) is 16.9. The number of para-hydroxylation sites is 1. The van der Waals surface area contributed by atoms with Crippen LogP contribution in [0.5, 0.6) is 5.75 Å². The maximum atomic E-state index is 12.6. The van der Waals surface area contributed by atoms with Gasteiger partial charge in [-0.25, -0.2) is 9.50 Å². The van der Waals surface area contributed by atoms with Gasteiger partial charge < -0.3 is 10.1 Å². The quantitative estimate of drug-likeness (QED) is 0.773. The van der Waals surface area contributed by atoms with Gasteiger partial charge in [-0.3, -0.25) is 4.79 Å². The highest BCUT2D eigenvalue weighted by molar-refractivity contribution is 5.91. The monoisotopic (exact) mass is 339 g/mol. The van der Waals surface area contributed by atoms with Crippen LogP contribution in [0, 0.1) is 13.8 Å². The molecule has 25 heavy (non-hydrogen) atoms. The molecule has 7 heteroatoms. The average Bonchev–Trinajstić information content (AvgIpc) is 3.04. The highest BCUT2D eigenvalue weighted by Gasteiger charge is 2.21. The number of hydrogen-bond acceptors (Lipinski definition) is 5. The number of benzene rings is 1. The van der Waals surface area contributed by atoms with Gasteiger partial charge in [0.1, 0.15) is 5.75 Å². The zero-order valence-corrected chi connectivity index (χ0v) is 14.8.